The molecule has 0 aromatic heterocycles. The van der Waals surface area contributed by atoms with Crippen molar-refractivity contribution in [1.29, 1.82) is 0 Å². The molecule has 0 aliphatic carbocycles. The zero-order chi connectivity index (χ0) is 18.1. The van der Waals surface area contributed by atoms with Gasteiger partial charge in [-0.05, 0) is 31.0 Å². The summed E-state index contributed by atoms with van der Waals surface area (Å²) in [5, 5.41) is 0. The van der Waals surface area contributed by atoms with Crippen molar-refractivity contribution in [3.8, 4) is 12.3 Å². The summed E-state index contributed by atoms with van der Waals surface area (Å²) in [7, 11) is -9.75. The lowest BCUT2D eigenvalue weighted by atomic mass is 10.1. The van der Waals surface area contributed by atoms with Crippen LogP contribution in [-0.4, -0.2) is 28.9 Å². The molecule has 0 radical (unpaired) electrons. The normalized spacial score (nSPS) is 12.7. The van der Waals surface area contributed by atoms with Gasteiger partial charge < -0.3 is 0 Å². The Morgan fingerprint density at radius 3 is 2.17 bits per heavy atom. The van der Waals surface area contributed by atoms with Crippen LogP contribution in [0.15, 0.2) is 17.0 Å². The second kappa shape index (κ2) is 6.38. The van der Waals surface area contributed by atoms with E-state index < -0.39 is 31.2 Å². The molecule has 0 heterocycles. The van der Waals surface area contributed by atoms with E-state index in [4.69, 9.17) is 6.42 Å². The van der Waals surface area contributed by atoms with Gasteiger partial charge in [0.25, 0.3) is 0 Å². The Morgan fingerprint density at radius 1 is 1.13 bits per heavy atom. The predicted molar refractivity (Wildman–Crippen MR) is 78.5 cm³/mol. The molecule has 0 atom stereocenters. The Labute approximate surface area is 132 Å². The number of terminal acetylenes is 1. The van der Waals surface area contributed by atoms with Gasteiger partial charge in [0.1, 0.15) is 0 Å². The summed E-state index contributed by atoms with van der Waals surface area (Å²) in [6.07, 6.45) is 4.94. The van der Waals surface area contributed by atoms with E-state index in [1.165, 1.54) is 24.6 Å². The number of aryl methyl sites for hydroxylation is 2. The van der Waals surface area contributed by atoms with E-state index in [1.807, 2.05) is 10.6 Å². The van der Waals surface area contributed by atoms with Gasteiger partial charge in [-0.25, -0.2) is 8.42 Å². The van der Waals surface area contributed by atoms with Crippen LogP contribution in [0.5, 0.6) is 0 Å². The third-order valence-electron chi connectivity index (χ3n) is 2.72. The summed E-state index contributed by atoms with van der Waals surface area (Å²) in [4.78, 5) is -0.377. The largest absolute Gasteiger partial charge is 0.516 e. The van der Waals surface area contributed by atoms with Gasteiger partial charge >= 0.3 is 15.5 Å². The van der Waals surface area contributed by atoms with Crippen molar-refractivity contribution in [3.63, 3.8) is 0 Å². The number of halogens is 3. The zero-order valence-corrected chi connectivity index (χ0v) is 13.7. The molecule has 128 valence electrons. The lowest BCUT2D eigenvalue weighted by Gasteiger charge is -2.15. The molecule has 6 nitrogen and oxygen atoms in total. The van der Waals surface area contributed by atoms with Crippen LogP contribution in [-0.2, 0) is 20.0 Å². The van der Waals surface area contributed by atoms with Gasteiger partial charge in [-0.2, -0.15) is 26.3 Å². The van der Waals surface area contributed by atoms with Crippen molar-refractivity contribution < 1.29 is 30.0 Å². The first-order valence-corrected chi connectivity index (χ1v) is 8.92. The third kappa shape index (κ3) is 4.37. The lowest BCUT2D eigenvalue weighted by molar-refractivity contribution is -0.0429. The van der Waals surface area contributed by atoms with Crippen LogP contribution in [0.3, 0.4) is 0 Å². The highest BCUT2D eigenvalue weighted by atomic mass is 32.2. The van der Waals surface area contributed by atoms with Gasteiger partial charge in [-0.15, -0.1) is 6.42 Å². The van der Waals surface area contributed by atoms with Gasteiger partial charge in [0.15, 0.2) is 0 Å². The van der Waals surface area contributed by atoms with E-state index >= 15 is 0 Å². The molecular formula is C12H13F3N2O4S2. The average molecular weight is 370 g/mol. The van der Waals surface area contributed by atoms with Crippen LogP contribution >= 0.6 is 0 Å². The number of anilines is 1. The van der Waals surface area contributed by atoms with Crippen molar-refractivity contribution in [2.75, 3.05) is 11.3 Å². The molecule has 1 aromatic rings. The van der Waals surface area contributed by atoms with Gasteiger partial charge in [0.05, 0.1) is 17.1 Å². The van der Waals surface area contributed by atoms with Crippen LogP contribution in [0, 0.1) is 26.2 Å². The first-order chi connectivity index (χ1) is 10.3. The molecule has 2 N–H and O–H groups in total. The van der Waals surface area contributed by atoms with Crippen LogP contribution in [0.25, 0.3) is 0 Å². The van der Waals surface area contributed by atoms with Gasteiger partial charge in [0.2, 0.25) is 10.0 Å². The van der Waals surface area contributed by atoms with Crippen LogP contribution in [0.4, 0.5) is 18.9 Å². The fourth-order valence-electron chi connectivity index (χ4n) is 1.65. The molecule has 0 spiro atoms. The highest BCUT2D eigenvalue weighted by Crippen LogP contribution is 2.29. The van der Waals surface area contributed by atoms with Crippen molar-refractivity contribution in [2.45, 2.75) is 24.3 Å². The van der Waals surface area contributed by atoms with Crippen molar-refractivity contribution in [2.24, 2.45) is 0 Å². The summed E-state index contributed by atoms with van der Waals surface area (Å²) in [5.74, 6) is 2.05. The average Bonchev–Trinajstić information content (AvgIpc) is 2.38. The molecule has 0 aliphatic rings. The molecule has 1 rings (SSSR count). The monoisotopic (exact) mass is 370 g/mol. The first kappa shape index (κ1) is 19.3. The molecular weight excluding hydrogens is 357 g/mol. The van der Waals surface area contributed by atoms with Crippen molar-refractivity contribution in [3.05, 3.63) is 23.3 Å². The Balaban J connectivity index is 3.39. The highest BCUT2D eigenvalue weighted by molar-refractivity contribution is 7.93. The maximum Gasteiger partial charge on any atom is 0.516 e. The van der Waals surface area contributed by atoms with E-state index in [1.54, 1.807) is 0 Å². The standard InChI is InChI=1S/C12H13F3N2O4S2/c1-4-5-16-22(18,19)11-7-10(8(2)6-9(11)3)17-23(20,21)12(13,14)15/h1,6-7,16-17H,5H2,2-3H3. The fourth-order valence-corrected chi connectivity index (χ4v) is 3.46. The number of hydrogen-bond donors (Lipinski definition) is 2. The summed E-state index contributed by atoms with van der Waals surface area (Å²) >= 11 is 0. The van der Waals surface area contributed by atoms with Crippen LogP contribution < -0.4 is 9.44 Å². The fraction of sp³-hybridized carbons (Fsp3) is 0.333. The number of alkyl halides is 3. The van der Waals surface area contributed by atoms with E-state index in [0.717, 1.165) is 6.07 Å². The first-order valence-electron chi connectivity index (χ1n) is 5.95. The van der Waals surface area contributed by atoms with E-state index in [9.17, 15) is 30.0 Å². The summed E-state index contributed by atoms with van der Waals surface area (Å²) in [6, 6.07) is 2.06. The Bertz CT molecular complexity index is 854. The molecule has 1 aromatic carbocycles. The topological polar surface area (TPSA) is 92.3 Å². The van der Waals surface area contributed by atoms with Crippen LogP contribution in [0.2, 0.25) is 0 Å². The number of hydrogen-bond acceptors (Lipinski definition) is 4. The molecule has 0 aliphatic heterocycles. The van der Waals surface area contributed by atoms with Gasteiger partial charge in [0, 0.05) is 0 Å². The third-order valence-corrected chi connectivity index (χ3v) is 5.37. The molecule has 23 heavy (non-hydrogen) atoms. The quantitative estimate of drug-likeness (QED) is 0.768. The van der Waals surface area contributed by atoms with Crippen molar-refractivity contribution in [1.82, 2.24) is 4.72 Å². The number of sulfonamides is 2. The SMILES string of the molecule is C#CCNS(=O)(=O)c1cc(NS(=O)(=O)C(F)(F)F)c(C)cc1C. The predicted octanol–water partition coefficient (Wildman–Crippen LogP) is 1.48. The van der Waals surface area contributed by atoms with Crippen molar-refractivity contribution >= 4 is 25.7 Å². The Morgan fingerprint density at radius 2 is 1.70 bits per heavy atom. The lowest BCUT2D eigenvalue weighted by Crippen LogP contribution is -2.30. The summed E-state index contributed by atoms with van der Waals surface area (Å²) in [5.41, 5.74) is -5.66. The molecule has 0 fully saturated rings. The zero-order valence-electron chi connectivity index (χ0n) is 12.0. The number of rotatable bonds is 5. The maximum absolute atomic E-state index is 12.4. The maximum atomic E-state index is 12.4. The minimum atomic E-state index is -5.66. The Hall–Kier alpha value is -1.77. The molecule has 0 unspecified atom stereocenters. The molecule has 0 saturated heterocycles. The molecule has 0 amide bonds. The summed E-state index contributed by atoms with van der Waals surface area (Å²) < 4.78 is 87.1. The van der Waals surface area contributed by atoms with Gasteiger partial charge in [-0.3, -0.25) is 4.72 Å². The van der Waals surface area contributed by atoms with Gasteiger partial charge in [-0.1, -0.05) is 12.0 Å². The second-order valence-corrected chi connectivity index (χ2v) is 7.92. The minimum Gasteiger partial charge on any atom is -0.276 e. The van der Waals surface area contributed by atoms with E-state index in [2.05, 4.69) is 0 Å². The van der Waals surface area contributed by atoms with E-state index in [-0.39, 0.29) is 22.6 Å². The smallest absolute Gasteiger partial charge is 0.276 e. The summed E-state index contributed by atoms with van der Waals surface area (Å²) in [6.45, 7) is 2.44. The minimum absolute atomic E-state index is 0.131. The molecule has 0 bridgehead atoms. The number of benzene rings is 1. The Kier molecular flexibility index (Phi) is 5.35. The van der Waals surface area contributed by atoms with Crippen LogP contribution in [0.1, 0.15) is 11.1 Å². The highest BCUT2D eigenvalue weighted by Gasteiger charge is 2.46. The molecule has 0 saturated carbocycles. The van der Waals surface area contributed by atoms with E-state index in [0.29, 0.717) is 0 Å². The molecule has 11 heteroatoms. The number of nitrogens with one attached hydrogen (secondary N) is 2. The second-order valence-electron chi connectivity index (χ2n) is 4.51.